The molecule has 1 saturated heterocycles. The number of alkyl halides is 3. The standard InChI is InChI=1S/C20H24F3N3O5S/c1-13-18(14(2)31-24-13)12-25(3)19(27)15-7-9-26(10-8-15)32(28,29)17-6-4-5-16(11-17)30-20(21,22)23/h4-6,11,15H,7-10,12H2,1-3H3. The summed E-state index contributed by atoms with van der Waals surface area (Å²) < 4.78 is 73.2. The Morgan fingerprint density at radius 3 is 2.50 bits per heavy atom. The van der Waals surface area contributed by atoms with E-state index >= 15 is 0 Å². The number of nitrogens with zero attached hydrogens (tertiary/aromatic N) is 3. The first kappa shape index (κ1) is 24.1. The van der Waals surface area contributed by atoms with Crippen molar-refractivity contribution in [3.05, 3.63) is 41.3 Å². The monoisotopic (exact) mass is 475 g/mol. The molecule has 176 valence electrons. The molecule has 2 heterocycles. The van der Waals surface area contributed by atoms with Gasteiger partial charge in [0, 0.05) is 37.7 Å². The van der Waals surface area contributed by atoms with Crippen molar-refractivity contribution in [1.82, 2.24) is 14.4 Å². The van der Waals surface area contributed by atoms with Crippen LogP contribution in [0.15, 0.2) is 33.7 Å². The molecule has 1 aliphatic rings. The van der Waals surface area contributed by atoms with Crippen LogP contribution in [0.5, 0.6) is 5.75 Å². The van der Waals surface area contributed by atoms with Crippen molar-refractivity contribution in [2.24, 2.45) is 5.92 Å². The molecular weight excluding hydrogens is 451 g/mol. The van der Waals surface area contributed by atoms with Crippen molar-refractivity contribution in [2.75, 3.05) is 20.1 Å². The van der Waals surface area contributed by atoms with Crippen molar-refractivity contribution in [2.45, 2.75) is 44.5 Å². The number of aromatic nitrogens is 1. The van der Waals surface area contributed by atoms with Gasteiger partial charge in [-0.3, -0.25) is 4.79 Å². The molecule has 1 aromatic heterocycles. The van der Waals surface area contributed by atoms with Gasteiger partial charge in [0.1, 0.15) is 11.5 Å². The van der Waals surface area contributed by atoms with E-state index in [0.29, 0.717) is 30.8 Å². The maximum absolute atomic E-state index is 12.9. The van der Waals surface area contributed by atoms with Crippen LogP contribution < -0.4 is 4.74 Å². The van der Waals surface area contributed by atoms with Gasteiger partial charge in [0.2, 0.25) is 15.9 Å². The van der Waals surface area contributed by atoms with Crippen LogP contribution in [-0.2, 0) is 21.4 Å². The SMILES string of the molecule is Cc1noc(C)c1CN(C)C(=O)C1CCN(S(=O)(=O)c2cccc(OC(F)(F)F)c2)CC1. The Morgan fingerprint density at radius 1 is 1.28 bits per heavy atom. The van der Waals surface area contributed by atoms with Gasteiger partial charge in [-0.05, 0) is 38.8 Å². The summed E-state index contributed by atoms with van der Waals surface area (Å²) in [5.41, 5.74) is 1.54. The van der Waals surface area contributed by atoms with Gasteiger partial charge in [-0.25, -0.2) is 8.42 Å². The molecule has 0 bridgehead atoms. The summed E-state index contributed by atoms with van der Waals surface area (Å²) in [7, 11) is -2.35. The molecule has 12 heteroatoms. The molecule has 0 N–H and O–H groups in total. The fraction of sp³-hybridized carbons (Fsp3) is 0.500. The Kier molecular flexibility index (Phi) is 6.84. The van der Waals surface area contributed by atoms with Crippen molar-refractivity contribution < 1.29 is 35.6 Å². The highest BCUT2D eigenvalue weighted by Gasteiger charge is 2.35. The quantitative estimate of drug-likeness (QED) is 0.637. The first-order chi connectivity index (χ1) is 14.9. The van der Waals surface area contributed by atoms with E-state index in [1.54, 1.807) is 25.8 Å². The van der Waals surface area contributed by atoms with Crippen LogP contribution in [0.2, 0.25) is 0 Å². The zero-order valence-electron chi connectivity index (χ0n) is 17.8. The fourth-order valence-corrected chi connectivity index (χ4v) is 5.18. The zero-order chi connectivity index (χ0) is 23.7. The minimum Gasteiger partial charge on any atom is -0.406 e. The van der Waals surface area contributed by atoms with Gasteiger partial charge in [-0.1, -0.05) is 11.2 Å². The average Bonchev–Trinajstić information content (AvgIpc) is 3.04. The molecule has 1 aliphatic heterocycles. The summed E-state index contributed by atoms with van der Waals surface area (Å²) in [6, 6.07) is 4.28. The number of piperidine rings is 1. The van der Waals surface area contributed by atoms with Crippen LogP contribution in [0.25, 0.3) is 0 Å². The van der Waals surface area contributed by atoms with E-state index in [-0.39, 0.29) is 29.8 Å². The predicted octanol–water partition coefficient (Wildman–Crippen LogP) is 3.25. The predicted molar refractivity (Wildman–Crippen MR) is 107 cm³/mol. The molecule has 0 atom stereocenters. The van der Waals surface area contributed by atoms with Crippen molar-refractivity contribution >= 4 is 15.9 Å². The van der Waals surface area contributed by atoms with Gasteiger partial charge in [-0.15, -0.1) is 13.2 Å². The van der Waals surface area contributed by atoms with Crippen LogP contribution in [-0.4, -0.2) is 55.2 Å². The normalized spacial score (nSPS) is 16.2. The summed E-state index contributed by atoms with van der Waals surface area (Å²) in [6.45, 7) is 4.07. The molecule has 32 heavy (non-hydrogen) atoms. The Bertz CT molecular complexity index is 1060. The highest BCUT2D eigenvalue weighted by atomic mass is 32.2. The van der Waals surface area contributed by atoms with E-state index in [1.165, 1.54) is 16.4 Å². The van der Waals surface area contributed by atoms with Crippen LogP contribution in [0, 0.1) is 19.8 Å². The number of ether oxygens (including phenoxy) is 1. The Labute approximate surface area is 184 Å². The lowest BCUT2D eigenvalue weighted by Gasteiger charge is -2.32. The number of carbonyl (C=O) groups is 1. The number of sulfonamides is 1. The molecule has 1 amide bonds. The molecule has 0 radical (unpaired) electrons. The lowest BCUT2D eigenvalue weighted by atomic mass is 9.96. The molecule has 2 aromatic rings. The Balaban J connectivity index is 1.63. The summed E-state index contributed by atoms with van der Waals surface area (Å²) in [4.78, 5) is 14.1. The topological polar surface area (TPSA) is 93.0 Å². The average molecular weight is 475 g/mol. The third kappa shape index (κ3) is 5.41. The molecule has 8 nitrogen and oxygen atoms in total. The van der Waals surface area contributed by atoms with Gasteiger partial charge in [0.25, 0.3) is 0 Å². The van der Waals surface area contributed by atoms with Crippen LogP contribution >= 0.6 is 0 Å². The molecule has 3 rings (SSSR count). The Morgan fingerprint density at radius 2 is 1.94 bits per heavy atom. The third-order valence-electron chi connectivity index (χ3n) is 5.43. The van der Waals surface area contributed by atoms with E-state index in [2.05, 4.69) is 9.89 Å². The molecule has 0 saturated carbocycles. The first-order valence-corrected chi connectivity index (χ1v) is 11.3. The molecule has 0 unspecified atom stereocenters. The summed E-state index contributed by atoms with van der Waals surface area (Å²) in [5.74, 6) is -0.432. The number of amides is 1. The fourth-order valence-electron chi connectivity index (χ4n) is 3.68. The van der Waals surface area contributed by atoms with E-state index in [4.69, 9.17) is 4.52 Å². The first-order valence-electron chi connectivity index (χ1n) is 9.91. The molecule has 0 spiro atoms. The second kappa shape index (κ2) is 9.10. The van der Waals surface area contributed by atoms with Crippen LogP contribution in [0.4, 0.5) is 13.2 Å². The highest BCUT2D eigenvalue weighted by Crippen LogP contribution is 2.29. The number of carbonyl (C=O) groups excluding carboxylic acids is 1. The summed E-state index contributed by atoms with van der Waals surface area (Å²) in [6.07, 6.45) is -4.30. The van der Waals surface area contributed by atoms with Gasteiger partial charge < -0.3 is 14.2 Å². The highest BCUT2D eigenvalue weighted by molar-refractivity contribution is 7.89. The smallest absolute Gasteiger partial charge is 0.406 e. The second-order valence-corrected chi connectivity index (χ2v) is 9.64. The summed E-state index contributed by atoms with van der Waals surface area (Å²) in [5, 5.41) is 3.87. The minimum absolute atomic E-state index is 0.0856. The van der Waals surface area contributed by atoms with Crippen molar-refractivity contribution in [3.63, 3.8) is 0 Å². The second-order valence-electron chi connectivity index (χ2n) is 7.70. The summed E-state index contributed by atoms with van der Waals surface area (Å²) >= 11 is 0. The third-order valence-corrected chi connectivity index (χ3v) is 7.33. The largest absolute Gasteiger partial charge is 0.573 e. The number of halogens is 3. The van der Waals surface area contributed by atoms with Gasteiger partial charge in [-0.2, -0.15) is 4.31 Å². The molecule has 0 aliphatic carbocycles. The minimum atomic E-state index is -4.92. The van der Waals surface area contributed by atoms with Crippen LogP contribution in [0.3, 0.4) is 0 Å². The number of benzene rings is 1. The molecule has 1 aromatic carbocycles. The van der Waals surface area contributed by atoms with E-state index in [0.717, 1.165) is 17.7 Å². The number of aryl methyl sites for hydroxylation is 2. The lowest BCUT2D eigenvalue weighted by molar-refractivity contribution is -0.274. The Hall–Kier alpha value is -2.60. The van der Waals surface area contributed by atoms with Crippen molar-refractivity contribution in [3.8, 4) is 5.75 Å². The number of hydrogen-bond acceptors (Lipinski definition) is 6. The van der Waals surface area contributed by atoms with E-state index in [9.17, 15) is 26.4 Å². The van der Waals surface area contributed by atoms with Gasteiger partial charge >= 0.3 is 6.36 Å². The lowest BCUT2D eigenvalue weighted by Crippen LogP contribution is -2.43. The number of hydrogen-bond donors (Lipinski definition) is 0. The van der Waals surface area contributed by atoms with Gasteiger partial charge in [0.05, 0.1) is 17.1 Å². The van der Waals surface area contributed by atoms with E-state index < -0.39 is 22.1 Å². The molecule has 1 fully saturated rings. The maximum atomic E-state index is 12.9. The van der Waals surface area contributed by atoms with Crippen LogP contribution in [0.1, 0.15) is 29.9 Å². The molecular formula is C20H24F3N3O5S. The number of rotatable bonds is 6. The van der Waals surface area contributed by atoms with E-state index in [1.807, 2.05) is 0 Å². The van der Waals surface area contributed by atoms with Gasteiger partial charge in [0.15, 0.2) is 0 Å². The van der Waals surface area contributed by atoms with Crippen molar-refractivity contribution in [1.29, 1.82) is 0 Å². The maximum Gasteiger partial charge on any atom is 0.573 e. The zero-order valence-corrected chi connectivity index (χ0v) is 18.7.